The minimum atomic E-state index is -0.132. The molecule has 0 spiro atoms. The number of anilines is 1. The van der Waals surface area contributed by atoms with Crippen LogP contribution in [0.4, 0.5) is 5.69 Å². The summed E-state index contributed by atoms with van der Waals surface area (Å²) in [6, 6.07) is 13.2. The smallest absolute Gasteiger partial charge is 0.255 e. The van der Waals surface area contributed by atoms with E-state index in [0.717, 1.165) is 11.1 Å². The Morgan fingerprint density at radius 3 is 2.47 bits per heavy atom. The molecular formula is C16H17NO2. The highest BCUT2D eigenvalue weighted by atomic mass is 16.5. The minimum Gasteiger partial charge on any atom is -0.495 e. The molecule has 3 nitrogen and oxygen atoms in total. The molecule has 2 aromatic carbocycles. The van der Waals surface area contributed by atoms with Crippen molar-refractivity contribution in [3.05, 3.63) is 59.2 Å². The van der Waals surface area contributed by atoms with Gasteiger partial charge in [-0.25, -0.2) is 0 Å². The van der Waals surface area contributed by atoms with Gasteiger partial charge in [0.05, 0.1) is 12.8 Å². The monoisotopic (exact) mass is 255 g/mol. The molecule has 0 saturated carbocycles. The Hall–Kier alpha value is -2.29. The van der Waals surface area contributed by atoms with E-state index in [0.29, 0.717) is 17.0 Å². The van der Waals surface area contributed by atoms with Crippen molar-refractivity contribution in [2.45, 2.75) is 13.8 Å². The average Bonchev–Trinajstić information content (AvgIpc) is 2.39. The number of hydrogen-bond acceptors (Lipinski definition) is 2. The fourth-order valence-corrected chi connectivity index (χ4v) is 1.90. The molecule has 1 amide bonds. The SMILES string of the molecule is COc1ccc(C)cc1NC(=O)c1cccc(C)c1. The highest BCUT2D eigenvalue weighted by molar-refractivity contribution is 6.05. The van der Waals surface area contributed by atoms with Gasteiger partial charge in [0, 0.05) is 5.56 Å². The Kier molecular flexibility index (Phi) is 3.85. The van der Waals surface area contributed by atoms with Crippen molar-refractivity contribution in [2.75, 3.05) is 12.4 Å². The van der Waals surface area contributed by atoms with Crippen LogP contribution in [0.2, 0.25) is 0 Å². The van der Waals surface area contributed by atoms with Gasteiger partial charge in [0.25, 0.3) is 5.91 Å². The number of amides is 1. The van der Waals surface area contributed by atoms with E-state index in [1.165, 1.54) is 0 Å². The molecule has 0 aliphatic carbocycles. The van der Waals surface area contributed by atoms with Crippen LogP contribution in [0.5, 0.6) is 5.75 Å². The first-order valence-electron chi connectivity index (χ1n) is 6.13. The number of hydrogen-bond donors (Lipinski definition) is 1. The number of carbonyl (C=O) groups excluding carboxylic acids is 1. The molecule has 0 radical (unpaired) electrons. The highest BCUT2D eigenvalue weighted by Crippen LogP contribution is 2.25. The van der Waals surface area contributed by atoms with Crippen LogP contribution in [0.15, 0.2) is 42.5 Å². The Balaban J connectivity index is 2.26. The summed E-state index contributed by atoms with van der Waals surface area (Å²) < 4.78 is 5.25. The van der Waals surface area contributed by atoms with Crippen molar-refractivity contribution in [2.24, 2.45) is 0 Å². The van der Waals surface area contributed by atoms with Crippen molar-refractivity contribution in [1.29, 1.82) is 0 Å². The van der Waals surface area contributed by atoms with Crippen LogP contribution < -0.4 is 10.1 Å². The summed E-state index contributed by atoms with van der Waals surface area (Å²) in [7, 11) is 1.59. The standard InChI is InChI=1S/C16H17NO2/c1-11-5-4-6-13(9-11)16(18)17-14-10-12(2)7-8-15(14)19-3/h4-10H,1-3H3,(H,17,18). The molecule has 98 valence electrons. The summed E-state index contributed by atoms with van der Waals surface area (Å²) in [6.07, 6.45) is 0. The predicted molar refractivity (Wildman–Crippen MR) is 76.9 cm³/mol. The number of ether oxygens (including phenoxy) is 1. The molecule has 2 rings (SSSR count). The number of carbonyl (C=O) groups is 1. The lowest BCUT2D eigenvalue weighted by Crippen LogP contribution is -2.12. The Morgan fingerprint density at radius 1 is 1.05 bits per heavy atom. The van der Waals surface area contributed by atoms with Gasteiger partial charge in [-0.3, -0.25) is 4.79 Å². The first kappa shape index (κ1) is 13.1. The number of nitrogens with one attached hydrogen (secondary N) is 1. The van der Waals surface area contributed by atoms with Crippen molar-refractivity contribution < 1.29 is 9.53 Å². The lowest BCUT2D eigenvalue weighted by atomic mass is 10.1. The zero-order chi connectivity index (χ0) is 13.8. The minimum absolute atomic E-state index is 0.132. The van der Waals surface area contributed by atoms with Gasteiger partial charge in [-0.1, -0.05) is 23.8 Å². The van der Waals surface area contributed by atoms with E-state index in [9.17, 15) is 4.79 Å². The lowest BCUT2D eigenvalue weighted by molar-refractivity contribution is 0.102. The Labute approximate surface area is 113 Å². The maximum absolute atomic E-state index is 12.2. The van der Waals surface area contributed by atoms with Crippen LogP contribution in [0, 0.1) is 13.8 Å². The van der Waals surface area contributed by atoms with E-state index < -0.39 is 0 Å². The van der Waals surface area contributed by atoms with Crippen LogP contribution >= 0.6 is 0 Å². The molecule has 1 N–H and O–H groups in total. The molecule has 0 saturated heterocycles. The van der Waals surface area contributed by atoms with Gasteiger partial charge in [0.2, 0.25) is 0 Å². The second-order valence-electron chi connectivity index (χ2n) is 4.53. The third-order valence-corrected chi connectivity index (χ3v) is 2.88. The second-order valence-corrected chi connectivity index (χ2v) is 4.53. The summed E-state index contributed by atoms with van der Waals surface area (Å²) in [4.78, 5) is 12.2. The van der Waals surface area contributed by atoms with Gasteiger partial charge in [-0.15, -0.1) is 0 Å². The molecule has 0 bridgehead atoms. The van der Waals surface area contributed by atoms with Gasteiger partial charge in [-0.2, -0.15) is 0 Å². The zero-order valence-electron chi connectivity index (χ0n) is 11.4. The molecule has 2 aromatic rings. The quantitative estimate of drug-likeness (QED) is 0.910. The van der Waals surface area contributed by atoms with Crippen LogP contribution in [0.25, 0.3) is 0 Å². The zero-order valence-corrected chi connectivity index (χ0v) is 11.4. The van der Waals surface area contributed by atoms with E-state index in [1.54, 1.807) is 13.2 Å². The first-order chi connectivity index (χ1) is 9.10. The molecule has 0 unspecified atom stereocenters. The van der Waals surface area contributed by atoms with Gasteiger partial charge in [0.1, 0.15) is 5.75 Å². The van der Waals surface area contributed by atoms with Gasteiger partial charge >= 0.3 is 0 Å². The molecule has 0 aliphatic heterocycles. The third-order valence-electron chi connectivity index (χ3n) is 2.88. The molecule has 19 heavy (non-hydrogen) atoms. The normalized spacial score (nSPS) is 10.1. The van der Waals surface area contributed by atoms with Crippen LogP contribution in [0.3, 0.4) is 0 Å². The van der Waals surface area contributed by atoms with Crippen molar-refractivity contribution in [3.8, 4) is 5.75 Å². The van der Waals surface area contributed by atoms with E-state index >= 15 is 0 Å². The second kappa shape index (κ2) is 5.57. The van der Waals surface area contributed by atoms with Gasteiger partial charge < -0.3 is 10.1 Å². The number of rotatable bonds is 3. The maximum atomic E-state index is 12.2. The topological polar surface area (TPSA) is 38.3 Å². The third kappa shape index (κ3) is 3.13. The van der Waals surface area contributed by atoms with Gasteiger partial charge in [0.15, 0.2) is 0 Å². The highest BCUT2D eigenvalue weighted by Gasteiger charge is 2.09. The van der Waals surface area contributed by atoms with E-state index in [4.69, 9.17) is 4.74 Å². The first-order valence-corrected chi connectivity index (χ1v) is 6.13. The molecule has 0 aromatic heterocycles. The fourth-order valence-electron chi connectivity index (χ4n) is 1.90. The van der Waals surface area contributed by atoms with Crippen molar-refractivity contribution in [1.82, 2.24) is 0 Å². The van der Waals surface area contributed by atoms with E-state index in [1.807, 2.05) is 50.2 Å². The molecule has 0 heterocycles. The summed E-state index contributed by atoms with van der Waals surface area (Å²) in [5.41, 5.74) is 3.46. The lowest BCUT2D eigenvalue weighted by Gasteiger charge is -2.11. The largest absolute Gasteiger partial charge is 0.495 e. The van der Waals surface area contributed by atoms with Crippen LogP contribution in [0.1, 0.15) is 21.5 Å². The fraction of sp³-hybridized carbons (Fsp3) is 0.188. The molecule has 0 aliphatic rings. The van der Waals surface area contributed by atoms with Crippen LogP contribution in [-0.2, 0) is 0 Å². The number of methoxy groups -OCH3 is 1. The predicted octanol–water partition coefficient (Wildman–Crippen LogP) is 3.56. The Morgan fingerprint density at radius 2 is 1.79 bits per heavy atom. The van der Waals surface area contributed by atoms with Gasteiger partial charge in [-0.05, 0) is 43.7 Å². The molecule has 0 atom stereocenters. The average molecular weight is 255 g/mol. The molecule has 0 fully saturated rings. The summed E-state index contributed by atoms with van der Waals surface area (Å²) in [5, 5.41) is 2.88. The summed E-state index contributed by atoms with van der Waals surface area (Å²) in [6.45, 7) is 3.94. The summed E-state index contributed by atoms with van der Waals surface area (Å²) >= 11 is 0. The van der Waals surface area contributed by atoms with Crippen molar-refractivity contribution in [3.63, 3.8) is 0 Å². The van der Waals surface area contributed by atoms with Crippen molar-refractivity contribution >= 4 is 11.6 Å². The maximum Gasteiger partial charge on any atom is 0.255 e. The Bertz CT molecular complexity index is 605. The number of benzene rings is 2. The van der Waals surface area contributed by atoms with Crippen LogP contribution in [-0.4, -0.2) is 13.0 Å². The van der Waals surface area contributed by atoms with E-state index in [-0.39, 0.29) is 5.91 Å². The molecule has 3 heteroatoms. The molecular weight excluding hydrogens is 238 g/mol. The summed E-state index contributed by atoms with van der Waals surface area (Å²) in [5.74, 6) is 0.527. The number of aryl methyl sites for hydroxylation is 2. The van der Waals surface area contributed by atoms with E-state index in [2.05, 4.69) is 5.32 Å².